The van der Waals surface area contributed by atoms with Gasteiger partial charge in [0.1, 0.15) is 12.4 Å². The first-order valence-corrected chi connectivity index (χ1v) is 6.76. The van der Waals surface area contributed by atoms with E-state index in [1.165, 1.54) is 12.8 Å². The molecule has 0 aromatic heterocycles. The van der Waals surface area contributed by atoms with Gasteiger partial charge in [0.2, 0.25) is 0 Å². The predicted molar refractivity (Wildman–Crippen MR) is 76.1 cm³/mol. The van der Waals surface area contributed by atoms with E-state index in [0.29, 0.717) is 17.4 Å². The van der Waals surface area contributed by atoms with Crippen molar-refractivity contribution in [3.8, 4) is 5.75 Å². The van der Waals surface area contributed by atoms with E-state index in [2.05, 4.69) is 6.58 Å². The number of nitrogens with two attached hydrogens (primary N) is 1. The summed E-state index contributed by atoms with van der Waals surface area (Å²) in [5, 5.41) is 0.656. The fraction of sp³-hybridized carbons (Fsp3) is 0.467. The number of ether oxygens (including phenoxy) is 1. The summed E-state index contributed by atoms with van der Waals surface area (Å²) in [7, 11) is 0. The van der Waals surface area contributed by atoms with Crippen LogP contribution in [0.2, 0.25) is 5.02 Å². The lowest BCUT2D eigenvalue weighted by molar-refractivity contribution is 0.350. The fourth-order valence-electron chi connectivity index (χ4n) is 2.48. The molecule has 1 aliphatic carbocycles. The summed E-state index contributed by atoms with van der Waals surface area (Å²) >= 11 is 6.43. The highest BCUT2D eigenvalue weighted by Gasteiger charge is 2.33. The standard InChI is InChI=1S/C15H20ClNO/c1-11(2)10-18-13-7-5-6-12(14(13)16)15(17)8-3-4-9-15/h5-7H,1,3-4,8-10,17H2,2H3. The molecule has 0 radical (unpaired) electrons. The Labute approximate surface area is 114 Å². The third kappa shape index (κ3) is 2.70. The molecular formula is C15H20ClNO. The van der Waals surface area contributed by atoms with E-state index in [0.717, 1.165) is 24.0 Å². The molecule has 2 nitrogen and oxygen atoms in total. The molecule has 1 aliphatic rings. The Hall–Kier alpha value is -0.990. The van der Waals surface area contributed by atoms with Gasteiger partial charge in [0, 0.05) is 5.54 Å². The number of rotatable bonds is 4. The molecule has 98 valence electrons. The van der Waals surface area contributed by atoms with Crippen LogP contribution >= 0.6 is 11.6 Å². The van der Waals surface area contributed by atoms with Gasteiger partial charge in [-0.2, -0.15) is 0 Å². The van der Waals surface area contributed by atoms with Crippen LogP contribution in [0.5, 0.6) is 5.75 Å². The van der Waals surface area contributed by atoms with Crippen molar-refractivity contribution in [1.82, 2.24) is 0 Å². The van der Waals surface area contributed by atoms with Crippen LogP contribution < -0.4 is 10.5 Å². The van der Waals surface area contributed by atoms with Gasteiger partial charge >= 0.3 is 0 Å². The van der Waals surface area contributed by atoms with Gasteiger partial charge in [0.15, 0.2) is 0 Å². The number of hydrogen-bond acceptors (Lipinski definition) is 2. The van der Waals surface area contributed by atoms with E-state index in [1.54, 1.807) is 0 Å². The highest BCUT2D eigenvalue weighted by Crippen LogP contribution is 2.42. The van der Waals surface area contributed by atoms with Crippen LogP contribution in [0, 0.1) is 0 Å². The third-order valence-corrected chi connectivity index (χ3v) is 3.86. The van der Waals surface area contributed by atoms with Crippen molar-refractivity contribution in [2.45, 2.75) is 38.1 Å². The lowest BCUT2D eigenvalue weighted by Gasteiger charge is -2.26. The first-order valence-electron chi connectivity index (χ1n) is 6.38. The first kappa shape index (κ1) is 13.4. The van der Waals surface area contributed by atoms with Crippen molar-refractivity contribution >= 4 is 11.6 Å². The van der Waals surface area contributed by atoms with E-state index in [9.17, 15) is 0 Å². The maximum absolute atomic E-state index is 6.45. The third-order valence-electron chi connectivity index (χ3n) is 3.47. The van der Waals surface area contributed by atoms with E-state index in [1.807, 2.05) is 25.1 Å². The largest absolute Gasteiger partial charge is 0.488 e. The Balaban J connectivity index is 2.26. The quantitative estimate of drug-likeness (QED) is 0.835. The van der Waals surface area contributed by atoms with Crippen molar-refractivity contribution in [3.63, 3.8) is 0 Å². The summed E-state index contributed by atoms with van der Waals surface area (Å²) in [6.45, 7) is 6.24. The Bertz CT molecular complexity index is 450. The zero-order valence-electron chi connectivity index (χ0n) is 10.8. The Morgan fingerprint density at radius 2 is 2.11 bits per heavy atom. The summed E-state index contributed by atoms with van der Waals surface area (Å²) in [6.07, 6.45) is 4.33. The predicted octanol–water partition coefficient (Wildman–Crippen LogP) is 4.02. The van der Waals surface area contributed by atoms with Crippen molar-refractivity contribution in [3.05, 3.63) is 40.9 Å². The molecule has 0 saturated heterocycles. The van der Waals surface area contributed by atoms with Crippen molar-refractivity contribution in [1.29, 1.82) is 0 Å². The molecule has 3 heteroatoms. The van der Waals surface area contributed by atoms with Crippen molar-refractivity contribution in [2.24, 2.45) is 5.73 Å². The van der Waals surface area contributed by atoms with Crippen LogP contribution in [0.25, 0.3) is 0 Å². The molecule has 0 bridgehead atoms. The average molecular weight is 266 g/mol. The normalized spacial score (nSPS) is 17.7. The van der Waals surface area contributed by atoms with Crippen LogP contribution in [-0.4, -0.2) is 6.61 Å². The number of hydrogen-bond donors (Lipinski definition) is 1. The Morgan fingerprint density at radius 1 is 1.44 bits per heavy atom. The SMILES string of the molecule is C=C(C)COc1cccc(C2(N)CCCC2)c1Cl. The Morgan fingerprint density at radius 3 is 2.72 bits per heavy atom. The van der Waals surface area contributed by atoms with Gasteiger partial charge in [-0.05, 0) is 37.0 Å². The lowest BCUT2D eigenvalue weighted by Crippen LogP contribution is -2.33. The second-order valence-electron chi connectivity index (χ2n) is 5.23. The molecule has 0 atom stereocenters. The fourth-order valence-corrected chi connectivity index (χ4v) is 2.85. The van der Waals surface area contributed by atoms with Gasteiger partial charge in [-0.3, -0.25) is 0 Å². The van der Waals surface area contributed by atoms with E-state index >= 15 is 0 Å². The van der Waals surface area contributed by atoms with E-state index in [4.69, 9.17) is 22.1 Å². The van der Waals surface area contributed by atoms with E-state index < -0.39 is 0 Å². The molecule has 2 rings (SSSR count). The lowest BCUT2D eigenvalue weighted by atomic mass is 9.89. The summed E-state index contributed by atoms with van der Waals surface area (Å²) < 4.78 is 5.66. The van der Waals surface area contributed by atoms with Gasteiger partial charge < -0.3 is 10.5 Å². The van der Waals surface area contributed by atoms with Crippen LogP contribution in [0.1, 0.15) is 38.2 Å². The topological polar surface area (TPSA) is 35.2 Å². The van der Waals surface area contributed by atoms with Gasteiger partial charge in [0.05, 0.1) is 5.02 Å². The Kier molecular flexibility index (Phi) is 3.98. The van der Waals surface area contributed by atoms with E-state index in [-0.39, 0.29) is 5.54 Å². The minimum atomic E-state index is -0.278. The molecule has 18 heavy (non-hydrogen) atoms. The minimum Gasteiger partial charge on any atom is -0.488 e. The van der Waals surface area contributed by atoms with Crippen LogP contribution in [-0.2, 0) is 5.54 Å². The molecule has 1 saturated carbocycles. The van der Waals surface area contributed by atoms with Crippen molar-refractivity contribution < 1.29 is 4.74 Å². The summed E-state index contributed by atoms with van der Waals surface area (Å²) in [5.74, 6) is 0.703. The number of halogens is 1. The highest BCUT2D eigenvalue weighted by atomic mass is 35.5. The highest BCUT2D eigenvalue weighted by molar-refractivity contribution is 6.33. The summed E-state index contributed by atoms with van der Waals surface area (Å²) in [4.78, 5) is 0. The number of benzene rings is 1. The first-order chi connectivity index (χ1) is 8.53. The van der Waals surface area contributed by atoms with Gasteiger partial charge in [-0.15, -0.1) is 0 Å². The molecule has 1 aromatic rings. The second-order valence-corrected chi connectivity index (χ2v) is 5.60. The second kappa shape index (κ2) is 5.33. The van der Waals surface area contributed by atoms with Gasteiger partial charge in [-0.25, -0.2) is 0 Å². The average Bonchev–Trinajstić information content (AvgIpc) is 2.75. The van der Waals surface area contributed by atoms with Crippen molar-refractivity contribution in [2.75, 3.05) is 6.61 Å². The molecule has 1 aromatic carbocycles. The molecule has 0 heterocycles. The molecule has 2 N–H and O–H groups in total. The molecule has 0 spiro atoms. The van der Waals surface area contributed by atoms with Gasteiger partial charge in [-0.1, -0.05) is 43.2 Å². The molecule has 1 fully saturated rings. The molecular weight excluding hydrogens is 246 g/mol. The van der Waals surface area contributed by atoms with Crippen LogP contribution in [0.15, 0.2) is 30.4 Å². The molecule has 0 unspecified atom stereocenters. The van der Waals surface area contributed by atoms with Crippen LogP contribution in [0.4, 0.5) is 0 Å². The zero-order valence-corrected chi connectivity index (χ0v) is 11.6. The summed E-state index contributed by atoms with van der Waals surface area (Å²) in [5.41, 5.74) is 8.16. The molecule has 0 aliphatic heterocycles. The maximum atomic E-state index is 6.45. The van der Waals surface area contributed by atoms with Crippen LogP contribution in [0.3, 0.4) is 0 Å². The summed E-state index contributed by atoms with van der Waals surface area (Å²) in [6, 6.07) is 5.86. The zero-order chi connectivity index (χ0) is 13.2. The maximum Gasteiger partial charge on any atom is 0.138 e. The van der Waals surface area contributed by atoms with Gasteiger partial charge in [0.25, 0.3) is 0 Å². The minimum absolute atomic E-state index is 0.278. The smallest absolute Gasteiger partial charge is 0.138 e. The monoisotopic (exact) mass is 265 g/mol. The molecule has 0 amide bonds.